The summed E-state index contributed by atoms with van der Waals surface area (Å²) in [5.41, 5.74) is 0. The zero-order valence-electron chi connectivity index (χ0n) is 4.35. The van der Waals surface area contributed by atoms with E-state index < -0.39 is 0 Å². The first-order valence-corrected chi connectivity index (χ1v) is 2.75. The lowest BCUT2D eigenvalue weighted by Gasteiger charge is -1.98. The van der Waals surface area contributed by atoms with Gasteiger partial charge < -0.3 is 10.4 Å². The summed E-state index contributed by atoms with van der Waals surface area (Å²) >= 11 is 0. The lowest BCUT2D eigenvalue weighted by atomic mass is 10.1. The summed E-state index contributed by atoms with van der Waals surface area (Å²) < 4.78 is 0. The van der Waals surface area contributed by atoms with Crippen LogP contribution in [-0.2, 0) is 0 Å². The van der Waals surface area contributed by atoms with Gasteiger partial charge in [-0.2, -0.15) is 0 Å². The molecule has 1 rings (SSSR count). The Bertz CT molecular complexity index is 50.0. The monoisotopic (exact) mass is 101 g/mol. The minimum atomic E-state index is 0.354. The van der Waals surface area contributed by atoms with Crippen LogP contribution in [-0.4, -0.2) is 24.8 Å². The largest absolute Gasteiger partial charge is 0.396 e. The Kier molecular flexibility index (Phi) is 1.65. The number of hydrogen-bond acceptors (Lipinski definition) is 2. The van der Waals surface area contributed by atoms with Gasteiger partial charge in [0, 0.05) is 13.2 Å². The van der Waals surface area contributed by atoms with Crippen LogP contribution in [0.2, 0.25) is 0 Å². The molecule has 0 bridgehead atoms. The van der Waals surface area contributed by atoms with Crippen molar-refractivity contribution in [3.05, 3.63) is 0 Å². The first-order chi connectivity index (χ1) is 3.43. The quantitative estimate of drug-likeness (QED) is 0.470. The highest BCUT2D eigenvalue weighted by atomic mass is 16.3. The first-order valence-electron chi connectivity index (χ1n) is 2.75. The van der Waals surface area contributed by atoms with Crippen LogP contribution >= 0.6 is 0 Å². The molecule has 1 fully saturated rings. The van der Waals surface area contributed by atoms with Gasteiger partial charge in [-0.15, -0.1) is 0 Å². The minimum absolute atomic E-state index is 0.354. The zero-order chi connectivity index (χ0) is 5.11. The average Bonchev–Trinajstić information content (AvgIpc) is 2.14. The molecule has 0 unspecified atom stereocenters. The summed E-state index contributed by atoms with van der Waals surface area (Å²) in [6.45, 7) is 2.45. The maximum Gasteiger partial charge on any atom is 0.0471 e. The van der Waals surface area contributed by atoms with Gasteiger partial charge in [0.25, 0.3) is 0 Å². The molecule has 0 aliphatic carbocycles. The van der Waals surface area contributed by atoms with Crippen LogP contribution < -0.4 is 5.32 Å². The molecule has 0 spiro atoms. The van der Waals surface area contributed by atoms with E-state index in [2.05, 4.69) is 5.32 Å². The highest BCUT2D eigenvalue weighted by Gasteiger charge is 2.11. The molecule has 0 radical (unpaired) electrons. The number of nitrogens with one attached hydrogen (secondary N) is 1. The Hall–Kier alpha value is -0.0800. The molecular formula is C5H11NO. The Morgan fingerprint density at radius 3 is 2.86 bits per heavy atom. The fourth-order valence-electron chi connectivity index (χ4n) is 0.870. The van der Waals surface area contributed by atoms with Crippen LogP contribution in [0.3, 0.4) is 0 Å². The van der Waals surface area contributed by atoms with E-state index in [0.717, 1.165) is 19.5 Å². The van der Waals surface area contributed by atoms with E-state index in [9.17, 15) is 0 Å². The zero-order valence-corrected chi connectivity index (χ0v) is 4.35. The van der Waals surface area contributed by atoms with Gasteiger partial charge >= 0.3 is 0 Å². The predicted octanol–water partition coefficient (Wildman–Crippen LogP) is -0.412. The summed E-state index contributed by atoms with van der Waals surface area (Å²) in [4.78, 5) is 0. The van der Waals surface area contributed by atoms with Gasteiger partial charge in [-0.1, -0.05) is 0 Å². The molecule has 1 aliphatic heterocycles. The van der Waals surface area contributed by atoms with E-state index in [1.807, 2.05) is 0 Å². The summed E-state index contributed by atoms with van der Waals surface area (Å²) in [6, 6.07) is 0. The fraction of sp³-hybridized carbons (Fsp3) is 1.00. The Morgan fingerprint density at radius 1 is 1.71 bits per heavy atom. The molecule has 2 nitrogen and oxygen atoms in total. The third kappa shape index (κ3) is 1.14. The standard InChI is InChI=1S/C5H11NO/c7-4-5-1-2-6-3-5/h5-7H,1-4H2/t5-/m1/s1. The molecule has 1 atom stereocenters. The normalized spacial score (nSPS) is 31.3. The Balaban J connectivity index is 2.14. The van der Waals surface area contributed by atoms with E-state index in [1.165, 1.54) is 0 Å². The molecule has 1 aliphatic rings. The third-order valence-corrected chi connectivity index (χ3v) is 1.42. The van der Waals surface area contributed by atoms with E-state index in [4.69, 9.17) is 5.11 Å². The fourth-order valence-corrected chi connectivity index (χ4v) is 0.870. The van der Waals surface area contributed by atoms with Crippen molar-refractivity contribution in [3.63, 3.8) is 0 Å². The predicted molar refractivity (Wildman–Crippen MR) is 28.1 cm³/mol. The van der Waals surface area contributed by atoms with Gasteiger partial charge in [0.1, 0.15) is 0 Å². The molecular weight excluding hydrogens is 90.1 g/mol. The molecule has 0 saturated carbocycles. The molecule has 1 heterocycles. The van der Waals surface area contributed by atoms with E-state index in [0.29, 0.717) is 12.5 Å². The highest BCUT2D eigenvalue weighted by Crippen LogP contribution is 2.03. The Morgan fingerprint density at radius 2 is 2.57 bits per heavy atom. The first kappa shape index (κ1) is 5.06. The molecule has 2 heteroatoms. The van der Waals surface area contributed by atoms with E-state index in [-0.39, 0.29) is 0 Å². The van der Waals surface area contributed by atoms with Crippen molar-refractivity contribution in [2.75, 3.05) is 19.7 Å². The van der Waals surface area contributed by atoms with Crippen LogP contribution in [0.25, 0.3) is 0 Å². The lowest BCUT2D eigenvalue weighted by molar-refractivity contribution is 0.237. The molecule has 7 heavy (non-hydrogen) atoms. The minimum Gasteiger partial charge on any atom is -0.396 e. The summed E-state index contributed by atoms with van der Waals surface area (Å²) in [7, 11) is 0. The number of aliphatic hydroxyl groups is 1. The van der Waals surface area contributed by atoms with Crippen LogP contribution in [0.4, 0.5) is 0 Å². The molecule has 0 amide bonds. The SMILES string of the molecule is OC[C@@H]1CCNC1. The molecule has 0 aromatic carbocycles. The van der Waals surface area contributed by atoms with Gasteiger partial charge in [0.15, 0.2) is 0 Å². The topological polar surface area (TPSA) is 32.3 Å². The highest BCUT2D eigenvalue weighted by molar-refractivity contribution is 4.68. The second-order valence-electron chi connectivity index (χ2n) is 2.04. The van der Waals surface area contributed by atoms with Crippen molar-refractivity contribution in [2.45, 2.75) is 6.42 Å². The van der Waals surface area contributed by atoms with Gasteiger partial charge in [0.2, 0.25) is 0 Å². The molecule has 2 N–H and O–H groups in total. The van der Waals surface area contributed by atoms with Crippen LogP contribution in [0, 0.1) is 5.92 Å². The smallest absolute Gasteiger partial charge is 0.0471 e. The van der Waals surface area contributed by atoms with E-state index in [1.54, 1.807) is 0 Å². The van der Waals surface area contributed by atoms with Crippen molar-refractivity contribution in [2.24, 2.45) is 5.92 Å². The number of rotatable bonds is 1. The molecule has 0 aromatic heterocycles. The molecule has 1 saturated heterocycles. The van der Waals surface area contributed by atoms with Crippen LogP contribution in [0.5, 0.6) is 0 Å². The van der Waals surface area contributed by atoms with Crippen molar-refractivity contribution in [1.29, 1.82) is 0 Å². The van der Waals surface area contributed by atoms with Crippen molar-refractivity contribution >= 4 is 0 Å². The second-order valence-corrected chi connectivity index (χ2v) is 2.04. The molecule has 0 aromatic rings. The van der Waals surface area contributed by atoms with Gasteiger partial charge in [0.05, 0.1) is 0 Å². The lowest BCUT2D eigenvalue weighted by Crippen LogP contribution is -2.11. The van der Waals surface area contributed by atoms with Crippen molar-refractivity contribution in [1.82, 2.24) is 5.32 Å². The summed E-state index contributed by atoms with van der Waals surface area (Å²) in [5.74, 6) is 0.542. The van der Waals surface area contributed by atoms with Gasteiger partial charge in [-0.25, -0.2) is 0 Å². The van der Waals surface area contributed by atoms with Gasteiger partial charge in [-0.3, -0.25) is 0 Å². The maximum absolute atomic E-state index is 8.53. The van der Waals surface area contributed by atoms with Gasteiger partial charge in [-0.05, 0) is 18.9 Å². The van der Waals surface area contributed by atoms with Crippen molar-refractivity contribution in [3.8, 4) is 0 Å². The second kappa shape index (κ2) is 2.28. The summed E-state index contributed by atoms with van der Waals surface area (Å²) in [5, 5.41) is 11.7. The molecule has 42 valence electrons. The van der Waals surface area contributed by atoms with Crippen LogP contribution in [0.15, 0.2) is 0 Å². The number of aliphatic hydroxyl groups excluding tert-OH is 1. The third-order valence-electron chi connectivity index (χ3n) is 1.42. The summed E-state index contributed by atoms with van der Waals surface area (Å²) in [6.07, 6.45) is 1.15. The van der Waals surface area contributed by atoms with E-state index >= 15 is 0 Å². The number of hydrogen-bond donors (Lipinski definition) is 2. The Labute approximate surface area is 43.5 Å². The van der Waals surface area contributed by atoms with Crippen molar-refractivity contribution < 1.29 is 5.11 Å². The maximum atomic E-state index is 8.53. The average molecular weight is 101 g/mol. The van der Waals surface area contributed by atoms with Crippen LogP contribution in [0.1, 0.15) is 6.42 Å².